The van der Waals surface area contributed by atoms with E-state index in [4.69, 9.17) is 53.3 Å². The highest BCUT2D eigenvalue weighted by Crippen LogP contribution is 2.40. The average Bonchev–Trinajstić information content (AvgIpc) is 3.87. The topological polar surface area (TPSA) is 134 Å². The molecule has 6 aromatic heterocycles. The lowest BCUT2D eigenvalue weighted by atomic mass is 10.1. The first-order valence-corrected chi connectivity index (χ1v) is 16.2. The second kappa shape index (κ2) is 12.4. The average molecular weight is 701 g/mol. The standard InChI is InChI=1S/C19H15ClN4O3S.C10H5Cl2N3OS/c1-10-16(20)15-18(23-17(24-19(15)28-10)13-5-7-22-27-13)21-6-4-11-2-3-12-14(8-11)26-9-25-12;1-4-7(11)6-8(12)14-9(15-10(6)17-4)5-2-3-13-16-5/h2-3,5,7-8H,4,6,9H2,1H3,(H,21,23,24);2-3H,1H3. The Bertz CT molecular complexity index is 2150. The van der Waals surface area contributed by atoms with Crippen LogP contribution in [0.3, 0.4) is 0 Å². The van der Waals surface area contributed by atoms with Crippen LogP contribution in [-0.2, 0) is 6.42 Å². The van der Waals surface area contributed by atoms with Gasteiger partial charge in [-0.2, -0.15) is 0 Å². The largest absolute Gasteiger partial charge is 0.454 e. The quantitative estimate of drug-likeness (QED) is 0.167. The van der Waals surface area contributed by atoms with Crippen LogP contribution < -0.4 is 14.8 Å². The van der Waals surface area contributed by atoms with Crippen molar-refractivity contribution in [2.24, 2.45) is 0 Å². The predicted molar refractivity (Wildman–Crippen MR) is 175 cm³/mol. The van der Waals surface area contributed by atoms with Crippen LogP contribution in [0.5, 0.6) is 11.5 Å². The van der Waals surface area contributed by atoms with Crippen molar-refractivity contribution >= 4 is 83.7 Å². The van der Waals surface area contributed by atoms with Crippen LogP contribution in [0.1, 0.15) is 15.3 Å². The Balaban J connectivity index is 0.000000163. The van der Waals surface area contributed by atoms with Gasteiger partial charge in [0.1, 0.15) is 20.6 Å². The Morgan fingerprint density at radius 2 is 1.38 bits per heavy atom. The third kappa shape index (κ3) is 5.89. The molecule has 1 aliphatic rings. The number of aryl methyl sites for hydroxylation is 2. The molecule has 0 spiro atoms. The van der Waals surface area contributed by atoms with Crippen molar-refractivity contribution in [3.05, 3.63) is 73.2 Å². The normalized spacial score (nSPS) is 12.1. The van der Waals surface area contributed by atoms with Gasteiger partial charge in [0.05, 0.1) is 33.2 Å². The summed E-state index contributed by atoms with van der Waals surface area (Å²) in [4.78, 5) is 21.3. The Hall–Kier alpha value is -4.01. The van der Waals surface area contributed by atoms with Crippen molar-refractivity contribution in [3.63, 3.8) is 0 Å². The number of hydrogen-bond acceptors (Lipinski definition) is 13. The van der Waals surface area contributed by atoms with Gasteiger partial charge in [-0.05, 0) is 38.0 Å². The van der Waals surface area contributed by atoms with Gasteiger partial charge in [-0.3, -0.25) is 0 Å². The van der Waals surface area contributed by atoms with E-state index in [9.17, 15) is 0 Å². The molecule has 1 N–H and O–H groups in total. The van der Waals surface area contributed by atoms with E-state index in [0.29, 0.717) is 56.1 Å². The Kier molecular flexibility index (Phi) is 8.19. The predicted octanol–water partition coefficient (Wildman–Crippen LogP) is 8.65. The first kappa shape index (κ1) is 29.7. The van der Waals surface area contributed by atoms with Crippen LogP contribution in [-0.4, -0.2) is 43.6 Å². The molecule has 0 saturated carbocycles. The number of benzene rings is 1. The molecule has 0 bridgehead atoms. The first-order chi connectivity index (χ1) is 21.9. The van der Waals surface area contributed by atoms with Crippen molar-refractivity contribution in [1.29, 1.82) is 0 Å². The number of aromatic nitrogens is 6. The van der Waals surface area contributed by atoms with Gasteiger partial charge in [-0.15, -0.1) is 22.7 Å². The van der Waals surface area contributed by atoms with Gasteiger partial charge >= 0.3 is 0 Å². The number of nitrogens with zero attached hydrogens (tertiary/aromatic N) is 6. The number of thiophene rings is 2. The van der Waals surface area contributed by atoms with E-state index in [2.05, 4.69) is 35.6 Å². The number of fused-ring (bicyclic) bond motifs is 3. The van der Waals surface area contributed by atoms with Crippen LogP contribution in [0.2, 0.25) is 15.2 Å². The molecule has 228 valence electrons. The minimum Gasteiger partial charge on any atom is -0.454 e. The molecule has 0 radical (unpaired) electrons. The number of anilines is 1. The molecule has 0 saturated heterocycles. The van der Waals surface area contributed by atoms with Gasteiger partial charge in [-0.25, -0.2) is 19.9 Å². The lowest BCUT2D eigenvalue weighted by Crippen LogP contribution is -2.07. The summed E-state index contributed by atoms with van der Waals surface area (Å²) < 4.78 is 21.0. The highest BCUT2D eigenvalue weighted by Gasteiger charge is 2.19. The monoisotopic (exact) mass is 699 g/mol. The Morgan fingerprint density at radius 3 is 2.04 bits per heavy atom. The van der Waals surface area contributed by atoms with E-state index in [-0.39, 0.29) is 6.79 Å². The maximum Gasteiger partial charge on any atom is 0.231 e. The number of ether oxygens (including phenoxy) is 2. The fraction of sp³-hybridized carbons (Fsp3) is 0.172. The molecule has 7 heterocycles. The maximum absolute atomic E-state index is 6.51. The number of halogens is 3. The van der Waals surface area contributed by atoms with Crippen molar-refractivity contribution in [2.75, 3.05) is 18.7 Å². The minimum atomic E-state index is 0.274. The molecular formula is C29H20Cl3N7O4S2. The van der Waals surface area contributed by atoms with Crippen molar-refractivity contribution < 1.29 is 18.5 Å². The second-order valence-corrected chi connectivity index (χ2v) is 13.2. The number of rotatable bonds is 6. The first-order valence-electron chi connectivity index (χ1n) is 13.4. The summed E-state index contributed by atoms with van der Waals surface area (Å²) in [5.74, 6) is 4.15. The molecule has 0 aliphatic carbocycles. The third-order valence-electron chi connectivity index (χ3n) is 6.72. The molecule has 1 aliphatic heterocycles. The molecule has 0 unspecified atom stereocenters. The number of hydrogen-bond donors (Lipinski definition) is 1. The molecule has 45 heavy (non-hydrogen) atoms. The fourth-order valence-electron chi connectivity index (χ4n) is 4.55. The van der Waals surface area contributed by atoms with E-state index in [1.807, 2.05) is 32.0 Å². The molecule has 1 aromatic carbocycles. The van der Waals surface area contributed by atoms with Gasteiger partial charge in [0, 0.05) is 28.4 Å². The molecule has 0 fully saturated rings. The number of nitrogens with one attached hydrogen (secondary N) is 1. The molecule has 11 nitrogen and oxygen atoms in total. The molecule has 7 aromatic rings. The molecular weight excluding hydrogens is 681 g/mol. The Morgan fingerprint density at radius 1 is 0.756 bits per heavy atom. The summed E-state index contributed by atoms with van der Waals surface area (Å²) in [6.45, 7) is 4.83. The fourth-order valence-corrected chi connectivity index (χ4v) is 7.45. The van der Waals surface area contributed by atoms with Crippen LogP contribution in [0.15, 0.2) is 51.8 Å². The summed E-state index contributed by atoms with van der Waals surface area (Å²) in [6, 6.07) is 9.38. The summed E-state index contributed by atoms with van der Waals surface area (Å²) in [6.07, 6.45) is 3.90. The third-order valence-corrected chi connectivity index (χ3v) is 10.2. The van der Waals surface area contributed by atoms with Gasteiger partial charge in [0.2, 0.25) is 30.0 Å². The molecule has 0 atom stereocenters. The van der Waals surface area contributed by atoms with E-state index < -0.39 is 0 Å². The van der Waals surface area contributed by atoms with Gasteiger partial charge in [0.25, 0.3) is 0 Å². The SMILES string of the molecule is Cc1sc2nc(-c3ccno3)nc(Cl)c2c1Cl.Cc1sc2nc(-c3ccno3)nc(NCCc3ccc4c(c3)OCO4)c2c1Cl. The smallest absolute Gasteiger partial charge is 0.231 e. The highest BCUT2D eigenvalue weighted by molar-refractivity contribution is 7.19. The van der Waals surface area contributed by atoms with Crippen LogP contribution in [0.25, 0.3) is 43.6 Å². The van der Waals surface area contributed by atoms with E-state index in [1.54, 1.807) is 18.3 Å². The minimum absolute atomic E-state index is 0.274. The summed E-state index contributed by atoms with van der Waals surface area (Å²) in [7, 11) is 0. The Labute approximate surface area is 278 Å². The summed E-state index contributed by atoms with van der Waals surface area (Å²) in [5.41, 5.74) is 1.14. The zero-order valence-corrected chi connectivity index (χ0v) is 27.3. The maximum atomic E-state index is 6.51. The van der Waals surface area contributed by atoms with E-state index in [0.717, 1.165) is 48.3 Å². The van der Waals surface area contributed by atoms with Gasteiger partial charge < -0.3 is 23.8 Å². The summed E-state index contributed by atoms with van der Waals surface area (Å²) in [5, 5.41) is 13.9. The second-order valence-electron chi connectivity index (χ2n) is 9.66. The molecule has 16 heteroatoms. The lowest BCUT2D eigenvalue weighted by Gasteiger charge is -2.09. The van der Waals surface area contributed by atoms with Crippen molar-refractivity contribution in [3.8, 4) is 34.7 Å². The lowest BCUT2D eigenvalue weighted by molar-refractivity contribution is 0.174. The highest BCUT2D eigenvalue weighted by atomic mass is 35.5. The molecule has 8 rings (SSSR count). The summed E-state index contributed by atoms with van der Waals surface area (Å²) >= 11 is 21.8. The van der Waals surface area contributed by atoms with Crippen LogP contribution in [0, 0.1) is 13.8 Å². The van der Waals surface area contributed by atoms with Crippen molar-refractivity contribution in [2.45, 2.75) is 20.3 Å². The zero-order valence-electron chi connectivity index (χ0n) is 23.4. The van der Waals surface area contributed by atoms with E-state index >= 15 is 0 Å². The van der Waals surface area contributed by atoms with Crippen molar-refractivity contribution in [1.82, 2.24) is 30.2 Å². The zero-order chi connectivity index (χ0) is 31.1. The van der Waals surface area contributed by atoms with Gasteiger partial charge in [-0.1, -0.05) is 51.2 Å². The van der Waals surface area contributed by atoms with Gasteiger partial charge in [0.15, 0.2) is 11.5 Å². The van der Waals surface area contributed by atoms with E-state index in [1.165, 1.54) is 28.9 Å². The van der Waals surface area contributed by atoms with Crippen LogP contribution >= 0.6 is 57.5 Å². The molecule has 0 amide bonds. The van der Waals surface area contributed by atoms with Crippen LogP contribution in [0.4, 0.5) is 5.82 Å².